The minimum absolute atomic E-state index is 0.164. The maximum atomic E-state index is 12.2. The second kappa shape index (κ2) is 7.75. The van der Waals surface area contributed by atoms with Crippen LogP contribution in [0.15, 0.2) is 54.2 Å². The Labute approximate surface area is 148 Å². The molecule has 2 heterocycles. The van der Waals surface area contributed by atoms with Gasteiger partial charge in [0.15, 0.2) is 0 Å². The molecule has 0 aliphatic heterocycles. The summed E-state index contributed by atoms with van der Waals surface area (Å²) in [6, 6.07) is 9.00. The van der Waals surface area contributed by atoms with Gasteiger partial charge in [-0.15, -0.1) is 10.2 Å². The molecule has 9 heteroatoms. The topological polar surface area (TPSA) is 83.2 Å². The molecule has 0 spiro atoms. The molecular formula is C16H17N5O3S. The number of rotatable bonds is 7. The van der Waals surface area contributed by atoms with E-state index in [0.717, 1.165) is 0 Å². The van der Waals surface area contributed by atoms with Crippen molar-refractivity contribution in [3.05, 3.63) is 49.1 Å². The Balaban J connectivity index is 1.64. The molecule has 0 saturated heterocycles. The van der Waals surface area contributed by atoms with Crippen molar-refractivity contribution in [2.24, 2.45) is 0 Å². The fourth-order valence-electron chi connectivity index (χ4n) is 2.15. The lowest BCUT2D eigenvalue weighted by atomic mass is 10.2. The number of thioether (sulfide) groups is 1. The van der Waals surface area contributed by atoms with Crippen LogP contribution in [0.2, 0.25) is 0 Å². The van der Waals surface area contributed by atoms with Gasteiger partial charge in [0.2, 0.25) is 11.1 Å². The fraction of sp³-hybridized carbons (Fsp3) is 0.188. The fourth-order valence-corrected chi connectivity index (χ4v) is 2.86. The van der Waals surface area contributed by atoms with E-state index in [9.17, 15) is 4.79 Å². The third kappa shape index (κ3) is 4.13. The van der Waals surface area contributed by atoms with Gasteiger partial charge in [0.1, 0.15) is 17.8 Å². The van der Waals surface area contributed by atoms with Crippen LogP contribution in [0.5, 0.6) is 11.5 Å². The highest BCUT2D eigenvalue weighted by Gasteiger charge is 2.11. The second-order valence-corrected chi connectivity index (χ2v) is 5.90. The smallest absolute Gasteiger partial charge is 0.234 e. The predicted octanol–water partition coefficient (Wildman–Crippen LogP) is 2.14. The van der Waals surface area contributed by atoms with Gasteiger partial charge < -0.3 is 14.8 Å². The van der Waals surface area contributed by atoms with E-state index in [1.54, 1.807) is 43.4 Å². The second-order valence-electron chi connectivity index (χ2n) is 4.96. The van der Waals surface area contributed by atoms with Crippen molar-refractivity contribution in [3.8, 4) is 11.5 Å². The molecule has 0 bridgehead atoms. The van der Waals surface area contributed by atoms with Gasteiger partial charge in [-0.05, 0) is 12.1 Å². The van der Waals surface area contributed by atoms with Crippen molar-refractivity contribution < 1.29 is 14.3 Å². The number of carbonyl (C=O) groups is 1. The van der Waals surface area contributed by atoms with E-state index in [1.807, 2.05) is 29.2 Å². The maximum Gasteiger partial charge on any atom is 0.234 e. The summed E-state index contributed by atoms with van der Waals surface area (Å²) in [6.07, 6.45) is 5.33. The summed E-state index contributed by atoms with van der Waals surface area (Å²) in [5, 5.41) is 11.4. The molecule has 0 atom stereocenters. The predicted molar refractivity (Wildman–Crippen MR) is 94.1 cm³/mol. The Morgan fingerprint density at radius 1 is 1.16 bits per heavy atom. The molecule has 3 aromatic rings. The summed E-state index contributed by atoms with van der Waals surface area (Å²) in [5.41, 5.74) is 0.605. The number of carbonyl (C=O) groups excluding carboxylic acids is 1. The molecule has 1 N–H and O–H groups in total. The van der Waals surface area contributed by atoms with Crippen LogP contribution in [0.3, 0.4) is 0 Å². The Kier molecular flexibility index (Phi) is 5.24. The molecule has 1 amide bonds. The van der Waals surface area contributed by atoms with Gasteiger partial charge in [-0.25, -0.2) is 4.68 Å². The molecular weight excluding hydrogens is 342 g/mol. The average molecular weight is 359 g/mol. The quantitative estimate of drug-likeness (QED) is 0.651. The summed E-state index contributed by atoms with van der Waals surface area (Å²) in [6.45, 7) is 0. The maximum absolute atomic E-state index is 12.2. The number of methoxy groups -OCH3 is 2. The van der Waals surface area contributed by atoms with Gasteiger partial charge in [0.05, 0.1) is 20.0 Å². The van der Waals surface area contributed by atoms with E-state index in [1.165, 1.54) is 11.8 Å². The Morgan fingerprint density at radius 3 is 2.48 bits per heavy atom. The van der Waals surface area contributed by atoms with Gasteiger partial charge in [0, 0.05) is 36.3 Å². The van der Waals surface area contributed by atoms with Crippen LogP contribution in [0.1, 0.15) is 0 Å². The van der Waals surface area contributed by atoms with E-state index in [-0.39, 0.29) is 11.7 Å². The summed E-state index contributed by atoms with van der Waals surface area (Å²) in [4.78, 5) is 12.2. The van der Waals surface area contributed by atoms with Crippen LogP contribution >= 0.6 is 11.8 Å². The number of anilines is 1. The Hall–Kier alpha value is -2.94. The SMILES string of the molecule is COc1cc(NC(=O)CSc2nncn2-n2cccc2)cc(OC)c1. The lowest BCUT2D eigenvalue weighted by Crippen LogP contribution is -2.15. The van der Waals surface area contributed by atoms with Gasteiger partial charge in [-0.2, -0.15) is 0 Å². The highest BCUT2D eigenvalue weighted by atomic mass is 32.2. The number of benzene rings is 1. The Bertz CT molecular complexity index is 825. The highest BCUT2D eigenvalue weighted by molar-refractivity contribution is 7.99. The lowest BCUT2D eigenvalue weighted by Gasteiger charge is -2.10. The molecule has 1 aromatic carbocycles. The number of hydrogen-bond donors (Lipinski definition) is 1. The Morgan fingerprint density at radius 2 is 1.84 bits per heavy atom. The van der Waals surface area contributed by atoms with Crippen LogP contribution in [0, 0.1) is 0 Å². The minimum Gasteiger partial charge on any atom is -0.497 e. The largest absolute Gasteiger partial charge is 0.497 e. The number of aromatic nitrogens is 4. The molecule has 2 aromatic heterocycles. The van der Waals surface area contributed by atoms with Crippen molar-refractivity contribution in [2.75, 3.05) is 25.3 Å². The van der Waals surface area contributed by atoms with Crippen molar-refractivity contribution in [1.82, 2.24) is 19.5 Å². The first-order valence-electron chi connectivity index (χ1n) is 7.39. The first kappa shape index (κ1) is 16.9. The molecule has 8 nitrogen and oxygen atoms in total. The van der Waals surface area contributed by atoms with E-state index in [2.05, 4.69) is 15.5 Å². The van der Waals surface area contributed by atoms with Crippen LogP contribution < -0.4 is 14.8 Å². The molecule has 0 unspecified atom stereocenters. The zero-order valence-corrected chi connectivity index (χ0v) is 14.6. The monoisotopic (exact) mass is 359 g/mol. The molecule has 0 aliphatic rings. The number of hydrogen-bond acceptors (Lipinski definition) is 6. The van der Waals surface area contributed by atoms with Gasteiger partial charge in [-0.1, -0.05) is 11.8 Å². The third-order valence-electron chi connectivity index (χ3n) is 3.31. The standard InChI is InChI=1S/C16H17N5O3S/c1-23-13-7-12(8-14(9-13)24-2)18-15(22)10-25-16-19-17-11-21(16)20-5-3-4-6-20/h3-9,11H,10H2,1-2H3,(H,18,22). The highest BCUT2D eigenvalue weighted by Crippen LogP contribution is 2.26. The zero-order chi connectivity index (χ0) is 17.6. The van der Waals surface area contributed by atoms with Crippen molar-refractivity contribution in [3.63, 3.8) is 0 Å². The lowest BCUT2D eigenvalue weighted by molar-refractivity contribution is -0.113. The van der Waals surface area contributed by atoms with E-state index in [4.69, 9.17) is 9.47 Å². The van der Waals surface area contributed by atoms with E-state index in [0.29, 0.717) is 22.3 Å². The van der Waals surface area contributed by atoms with E-state index < -0.39 is 0 Å². The van der Waals surface area contributed by atoms with Gasteiger partial charge >= 0.3 is 0 Å². The third-order valence-corrected chi connectivity index (χ3v) is 4.24. The van der Waals surface area contributed by atoms with Crippen molar-refractivity contribution in [2.45, 2.75) is 5.16 Å². The molecule has 0 fully saturated rings. The summed E-state index contributed by atoms with van der Waals surface area (Å²) >= 11 is 1.29. The first-order chi connectivity index (χ1) is 12.2. The van der Waals surface area contributed by atoms with Crippen LogP contribution in [-0.4, -0.2) is 45.4 Å². The summed E-state index contributed by atoms with van der Waals surface area (Å²) in [7, 11) is 3.12. The van der Waals surface area contributed by atoms with Gasteiger partial charge in [-0.3, -0.25) is 9.47 Å². The van der Waals surface area contributed by atoms with Crippen LogP contribution in [0.25, 0.3) is 0 Å². The van der Waals surface area contributed by atoms with Crippen LogP contribution in [-0.2, 0) is 4.79 Å². The first-order valence-corrected chi connectivity index (χ1v) is 8.37. The zero-order valence-electron chi connectivity index (χ0n) is 13.7. The summed E-state index contributed by atoms with van der Waals surface area (Å²) in [5.74, 6) is 1.24. The van der Waals surface area contributed by atoms with Gasteiger partial charge in [0.25, 0.3) is 0 Å². The van der Waals surface area contributed by atoms with E-state index >= 15 is 0 Å². The molecule has 0 aliphatic carbocycles. The normalized spacial score (nSPS) is 10.5. The number of amides is 1. The molecule has 130 valence electrons. The molecule has 25 heavy (non-hydrogen) atoms. The average Bonchev–Trinajstić information content (AvgIpc) is 3.30. The van der Waals surface area contributed by atoms with Crippen molar-refractivity contribution in [1.29, 1.82) is 0 Å². The molecule has 3 rings (SSSR count). The van der Waals surface area contributed by atoms with Crippen LogP contribution in [0.4, 0.5) is 5.69 Å². The molecule has 0 radical (unpaired) electrons. The summed E-state index contributed by atoms with van der Waals surface area (Å²) < 4.78 is 14.0. The number of nitrogens with one attached hydrogen (secondary N) is 1. The van der Waals surface area contributed by atoms with Crippen molar-refractivity contribution >= 4 is 23.4 Å². The number of nitrogens with zero attached hydrogens (tertiary/aromatic N) is 4. The minimum atomic E-state index is -0.164. The molecule has 0 saturated carbocycles. The number of ether oxygens (including phenoxy) is 2.